The van der Waals surface area contributed by atoms with Gasteiger partial charge in [0.05, 0.1) is 0 Å². The molecule has 0 aromatic carbocycles. The molecule has 0 radical (unpaired) electrons. The van der Waals surface area contributed by atoms with E-state index in [0.29, 0.717) is 6.42 Å². The van der Waals surface area contributed by atoms with Crippen molar-refractivity contribution in [3.05, 3.63) is 21.4 Å². The standard InChI is InChI=1S/C12H18O2S/c1-3-12-10(6-7-13)9-11(15-12)5-4-8-14-2/h7,9H,3-6,8H2,1-2H3. The molecule has 0 aliphatic carbocycles. The van der Waals surface area contributed by atoms with Gasteiger partial charge in [-0.2, -0.15) is 0 Å². The molecule has 1 heterocycles. The predicted octanol–water partition coefficient (Wildman–Crippen LogP) is 2.63. The first kappa shape index (κ1) is 12.4. The minimum absolute atomic E-state index is 0.559. The van der Waals surface area contributed by atoms with Crippen molar-refractivity contribution in [2.45, 2.75) is 32.6 Å². The first-order chi connectivity index (χ1) is 7.31. The van der Waals surface area contributed by atoms with Crippen molar-refractivity contribution in [1.29, 1.82) is 0 Å². The lowest BCUT2D eigenvalue weighted by Gasteiger charge is -1.95. The highest BCUT2D eigenvalue weighted by molar-refractivity contribution is 7.12. The predicted molar refractivity (Wildman–Crippen MR) is 63.7 cm³/mol. The molecular formula is C12H18O2S. The van der Waals surface area contributed by atoms with E-state index in [-0.39, 0.29) is 0 Å². The Labute approximate surface area is 95.3 Å². The zero-order chi connectivity index (χ0) is 11.1. The Morgan fingerprint density at radius 1 is 1.53 bits per heavy atom. The molecule has 0 atom stereocenters. The van der Waals surface area contributed by atoms with Crippen molar-refractivity contribution in [2.75, 3.05) is 13.7 Å². The lowest BCUT2D eigenvalue weighted by Crippen LogP contribution is -1.90. The van der Waals surface area contributed by atoms with E-state index in [1.165, 1.54) is 15.3 Å². The minimum atomic E-state index is 0.559. The zero-order valence-corrected chi connectivity index (χ0v) is 10.2. The first-order valence-electron chi connectivity index (χ1n) is 5.34. The SMILES string of the molecule is CCc1sc(CCCOC)cc1CC=O. The third-order valence-electron chi connectivity index (χ3n) is 2.34. The molecule has 0 fully saturated rings. The number of rotatable bonds is 7. The Kier molecular flexibility index (Phi) is 5.58. The van der Waals surface area contributed by atoms with Crippen LogP contribution in [0.25, 0.3) is 0 Å². The molecule has 1 rings (SSSR count). The molecule has 0 N–H and O–H groups in total. The first-order valence-corrected chi connectivity index (χ1v) is 6.16. The van der Waals surface area contributed by atoms with Crippen LogP contribution < -0.4 is 0 Å². The topological polar surface area (TPSA) is 26.3 Å². The van der Waals surface area contributed by atoms with Crippen molar-refractivity contribution in [3.63, 3.8) is 0 Å². The van der Waals surface area contributed by atoms with Crippen LogP contribution in [0.3, 0.4) is 0 Å². The number of hydrogen-bond donors (Lipinski definition) is 0. The number of methoxy groups -OCH3 is 1. The monoisotopic (exact) mass is 226 g/mol. The van der Waals surface area contributed by atoms with Gasteiger partial charge < -0.3 is 9.53 Å². The molecule has 0 saturated carbocycles. The Hall–Kier alpha value is -0.670. The number of hydrogen-bond acceptors (Lipinski definition) is 3. The highest BCUT2D eigenvalue weighted by Crippen LogP contribution is 2.24. The van der Waals surface area contributed by atoms with Crippen LogP contribution >= 0.6 is 11.3 Å². The second-order valence-electron chi connectivity index (χ2n) is 3.48. The van der Waals surface area contributed by atoms with E-state index < -0.39 is 0 Å². The van der Waals surface area contributed by atoms with Gasteiger partial charge in [-0.1, -0.05) is 6.92 Å². The van der Waals surface area contributed by atoms with E-state index in [2.05, 4.69) is 13.0 Å². The van der Waals surface area contributed by atoms with Gasteiger partial charge in [0, 0.05) is 29.9 Å². The molecule has 0 aliphatic heterocycles. The molecule has 2 nitrogen and oxygen atoms in total. The van der Waals surface area contributed by atoms with Gasteiger partial charge in [0.25, 0.3) is 0 Å². The van der Waals surface area contributed by atoms with Crippen molar-refractivity contribution < 1.29 is 9.53 Å². The molecule has 84 valence electrons. The third kappa shape index (κ3) is 3.76. The fourth-order valence-corrected chi connectivity index (χ4v) is 2.79. The van der Waals surface area contributed by atoms with E-state index in [1.54, 1.807) is 7.11 Å². The highest BCUT2D eigenvalue weighted by atomic mass is 32.1. The lowest BCUT2D eigenvalue weighted by molar-refractivity contribution is -0.107. The summed E-state index contributed by atoms with van der Waals surface area (Å²) in [5.74, 6) is 0. The Morgan fingerprint density at radius 2 is 2.33 bits per heavy atom. The molecular weight excluding hydrogens is 208 g/mol. The van der Waals surface area contributed by atoms with Crippen LogP contribution in [-0.4, -0.2) is 20.0 Å². The van der Waals surface area contributed by atoms with E-state index in [9.17, 15) is 4.79 Å². The molecule has 0 amide bonds. The summed E-state index contributed by atoms with van der Waals surface area (Å²) in [6, 6.07) is 2.17. The van der Waals surface area contributed by atoms with Crippen LogP contribution in [0, 0.1) is 0 Å². The number of aldehydes is 1. The second kappa shape index (κ2) is 6.75. The summed E-state index contributed by atoms with van der Waals surface area (Å²) in [6.07, 6.45) is 4.69. The van der Waals surface area contributed by atoms with Crippen LogP contribution in [0.2, 0.25) is 0 Å². The quantitative estimate of drug-likeness (QED) is 0.528. The van der Waals surface area contributed by atoms with Gasteiger partial charge in [0.2, 0.25) is 0 Å². The fraction of sp³-hybridized carbons (Fsp3) is 0.583. The molecule has 1 aromatic rings. The molecule has 15 heavy (non-hydrogen) atoms. The highest BCUT2D eigenvalue weighted by Gasteiger charge is 2.06. The number of ether oxygens (including phenoxy) is 1. The van der Waals surface area contributed by atoms with Gasteiger partial charge in [-0.3, -0.25) is 0 Å². The van der Waals surface area contributed by atoms with E-state index in [1.807, 2.05) is 11.3 Å². The molecule has 0 unspecified atom stereocenters. The largest absolute Gasteiger partial charge is 0.385 e. The number of carbonyl (C=O) groups is 1. The maximum absolute atomic E-state index is 10.5. The smallest absolute Gasteiger partial charge is 0.124 e. The Morgan fingerprint density at radius 3 is 2.93 bits per heavy atom. The summed E-state index contributed by atoms with van der Waals surface area (Å²) in [5.41, 5.74) is 1.21. The zero-order valence-electron chi connectivity index (χ0n) is 9.41. The van der Waals surface area contributed by atoms with Crippen LogP contribution in [0.5, 0.6) is 0 Å². The average molecular weight is 226 g/mol. The van der Waals surface area contributed by atoms with Crippen LogP contribution in [0.1, 0.15) is 28.7 Å². The van der Waals surface area contributed by atoms with Gasteiger partial charge in [-0.15, -0.1) is 11.3 Å². The maximum Gasteiger partial charge on any atom is 0.124 e. The average Bonchev–Trinajstić information content (AvgIpc) is 2.62. The van der Waals surface area contributed by atoms with Crippen LogP contribution in [-0.2, 0) is 28.8 Å². The van der Waals surface area contributed by atoms with Crippen molar-refractivity contribution >= 4 is 17.6 Å². The summed E-state index contributed by atoms with van der Waals surface area (Å²) in [5, 5.41) is 0. The van der Waals surface area contributed by atoms with Crippen molar-refractivity contribution in [1.82, 2.24) is 0 Å². The van der Waals surface area contributed by atoms with E-state index in [4.69, 9.17) is 4.74 Å². The summed E-state index contributed by atoms with van der Waals surface area (Å²) < 4.78 is 5.02. The van der Waals surface area contributed by atoms with Gasteiger partial charge >= 0.3 is 0 Å². The summed E-state index contributed by atoms with van der Waals surface area (Å²) >= 11 is 1.84. The van der Waals surface area contributed by atoms with E-state index in [0.717, 1.165) is 32.2 Å². The minimum Gasteiger partial charge on any atom is -0.385 e. The van der Waals surface area contributed by atoms with Gasteiger partial charge in [-0.25, -0.2) is 0 Å². The molecule has 3 heteroatoms. The summed E-state index contributed by atoms with van der Waals surface area (Å²) in [6.45, 7) is 2.95. The third-order valence-corrected chi connectivity index (χ3v) is 3.73. The second-order valence-corrected chi connectivity index (χ2v) is 4.70. The number of thiophene rings is 1. The molecule has 0 bridgehead atoms. The number of carbonyl (C=O) groups excluding carboxylic acids is 1. The van der Waals surface area contributed by atoms with Crippen LogP contribution in [0.15, 0.2) is 6.07 Å². The maximum atomic E-state index is 10.5. The van der Waals surface area contributed by atoms with Crippen molar-refractivity contribution in [3.8, 4) is 0 Å². The van der Waals surface area contributed by atoms with E-state index >= 15 is 0 Å². The van der Waals surface area contributed by atoms with Crippen molar-refractivity contribution in [2.24, 2.45) is 0 Å². The lowest BCUT2D eigenvalue weighted by atomic mass is 10.1. The Bertz CT molecular complexity index is 305. The normalized spacial score (nSPS) is 10.5. The molecule has 1 aromatic heterocycles. The van der Waals surface area contributed by atoms with Gasteiger partial charge in [0.15, 0.2) is 0 Å². The number of aryl methyl sites for hydroxylation is 2. The Balaban J connectivity index is 2.60. The molecule has 0 saturated heterocycles. The molecule has 0 spiro atoms. The summed E-state index contributed by atoms with van der Waals surface area (Å²) in [4.78, 5) is 13.2. The van der Waals surface area contributed by atoms with Gasteiger partial charge in [0.1, 0.15) is 6.29 Å². The van der Waals surface area contributed by atoms with Gasteiger partial charge in [-0.05, 0) is 30.9 Å². The summed E-state index contributed by atoms with van der Waals surface area (Å²) in [7, 11) is 1.73. The fourth-order valence-electron chi connectivity index (χ4n) is 1.60. The van der Waals surface area contributed by atoms with Crippen LogP contribution in [0.4, 0.5) is 0 Å². The molecule has 0 aliphatic rings.